The predicted molar refractivity (Wildman–Crippen MR) is 90.5 cm³/mol. The fourth-order valence-electron chi connectivity index (χ4n) is 1.82. The summed E-state index contributed by atoms with van der Waals surface area (Å²) in [6, 6.07) is 9.63. The van der Waals surface area contributed by atoms with E-state index in [0.717, 1.165) is 6.07 Å². The van der Waals surface area contributed by atoms with E-state index in [-0.39, 0.29) is 16.5 Å². The molecular formula is C15H11ClF2N2O4S. The fraction of sp³-hybridized carbons (Fsp3) is 0.133. The average Bonchev–Trinajstić information content (AvgIpc) is 2.55. The molecule has 25 heavy (non-hydrogen) atoms. The topological polar surface area (TPSA) is 81.5 Å². The van der Waals surface area contributed by atoms with Crippen molar-refractivity contribution in [1.29, 1.82) is 0 Å². The first kappa shape index (κ1) is 18.9. The van der Waals surface area contributed by atoms with Crippen LogP contribution in [0.5, 0.6) is 5.75 Å². The number of carbonyl (C=O) groups excluding carboxylic acids is 1. The molecule has 0 aliphatic rings. The van der Waals surface area contributed by atoms with E-state index in [4.69, 9.17) is 16.3 Å². The Morgan fingerprint density at radius 2 is 1.96 bits per heavy atom. The fourth-order valence-corrected chi connectivity index (χ4v) is 2.48. The summed E-state index contributed by atoms with van der Waals surface area (Å²) in [5.74, 6) is -3.17. The quantitative estimate of drug-likeness (QED) is 0.426. The lowest BCUT2D eigenvalue weighted by molar-refractivity contribution is -0.385. The molecule has 10 heteroatoms. The number of benzene rings is 2. The molecule has 0 heterocycles. The van der Waals surface area contributed by atoms with Crippen molar-refractivity contribution in [2.45, 2.75) is 10.7 Å². The van der Waals surface area contributed by atoms with E-state index >= 15 is 0 Å². The zero-order valence-electron chi connectivity index (χ0n) is 12.4. The van der Waals surface area contributed by atoms with Gasteiger partial charge in [-0.2, -0.15) is 8.78 Å². The monoisotopic (exact) mass is 388 g/mol. The van der Waals surface area contributed by atoms with Gasteiger partial charge in [0.25, 0.3) is 11.7 Å². The number of carbonyl (C=O) groups is 1. The second-order valence-corrected chi connectivity index (χ2v) is 6.11. The molecule has 1 amide bonds. The van der Waals surface area contributed by atoms with Crippen LogP contribution in [0.3, 0.4) is 0 Å². The molecule has 0 saturated heterocycles. The molecular weight excluding hydrogens is 378 g/mol. The Balaban J connectivity index is 1.94. The van der Waals surface area contributed by atoms with Crippen LogP contribution in [0.1, 0.15) is 0 Å². The largest absolute Gasteiger partial charge is 0.477 e. The number of anilines is 1. The predicted octanol–water partition coefficient (Wildman–Crippen LogP) is 4.58. The Morgan fingerprint density at radius 1 is 1.28 bits per heavy atom. The number of ether oxygens (including phenoxy) is 1. The van der Waals surface area contributed by atoms with E-state index in [1.165, 1.54) is 36.4 Å². The second kappa shape index (κ2) is 8.63. The minimum atomic E-state index is -2.52. The van der Waals surface area contributed by atoms with Gasteiger partial charge in [-0.05, 0) is 36.4 Å². The number of amides is 1. The molecule has 0 spiro atoms. The highest BCUT2D eigenvalue weighted by atomic mass is 35.5. The van der Waals surface area contributed by atoms with Gasteiger partial charge < -0.3 is 10.1 Å². The van der Waals surface area contributed by atoms with Gasteiger partial charge in [0, 0.05) is 21.7 Å². The lowest BCUT2D eigenvalue weighted by Crippen LogP contribution is -2.20. The Bertz CT molecular complexity index is 775. The summed E-state index contributed by atoms with van der Waals surface area (Å²) in [7, 11) is 0. The average molecular weight is 389 g/mol. The Labute approximate surface area is 150 Å². The first-order valence-corrected chi connectivity index (χ1v) is 8.02. The van der Waals surface area contributed by atoms with E-state index in [1.807, 2.05) is 0 Å². The molecule has 0 unspecified atom stereocenters. The van der Waals surface area contributed by atoms with Crippen molar-refractivity contribution < 1.29 is 23.2 Å². The second-order valence-electron chi connectivity index (χ2n) is 4.61. The number of nitro benzene ring substituents is 1. The Hall–Kier alpha value is -2.39. The van der Waals surface area contributed by atoms with Crippen LogP contribution < -0.4 is 10.1 Å². The maximum Gasteiger partial charge on any atom is 0.312 e. The summed E-state index contributed by atoms with van der Waals surface area (Å²) in [4.78, 5) is 22.5. The van der Waals surface area contributed by atoms with Gasteiger partial charge in [0.1, 0.15) is 0 Å². The summed E-state index contributed by atoms with van der Waals surface area (Å²) in [6.45, 7) is -0.462. The SMILES string of the molecule is O=C(COc1ccc(Cl)cc1[N+](=O)[O-])Nc1ccc(SC(F)F)cc1. The third kappa shape index (κ3) is 5.87. The number of nitrogens with zero attached hydrogens (tertiary/aromatic N) is 1. The van der Waals surface area contributed by atoms with E-state index in [0.29, 0.717) is 22.3 Å². The van der Waals surface area contributed by atoms with Gasteiger partial charge >= 0.3 is 5.69 Å². The Kier molecular flexibility index (Phi) is 6.54. The summed E-state index contributed by atoms with van der Waals surface area (Å²) in [6.07, 6.45) is 0. The number of alkyl halides is 2. The van der Waals surface area contributed by atoms with E-state index < -0.39 is 23.2 Å². The molecule has 2 aromatic rings. The number of nitro groups is 1. The third-order valence-electron chi connectivity index (χ3n) is 2.84. The van der Waals surface area contributed by atoms with Crippen molar-refractivity contribution in [1.82, 2.24) is 0 Å². The molecule has 0 aliphatic carbocycles. The molecule has 0 saturated carbocycles. The minimum absolute atomic E-state index is 0.0896. The van der Waals surface area contributed by atoms with Gasteiger partial charge in [-0.15, -0.1) is 0 Å². The molecule has 6 nitrogen and oxygen atoms in total. The first-order chi connectivity index (χ1) is 11.8. The van der Waals surface area contributed by atoms with Gasteiger partial charge in [0.05, 0.1) is 4.92 Å². The van der Waals surface area contributed by atoms with Crippen LogP contribution in [0.15, 0.2) is 47.4 Å². The number of rotatable bonds is 7. The van der Waals surface area contributed by atoms with Gasteiger partial charge in [0.2, 0.25) is 0 Å². The lowest BCUT2D eigenvalue weighted by Gasteiger charge is -2.08. The number of nitrogens with one attached hydrogen (secondary N) is 1. The normalized spacial score (nSPS) is 10.6. The zero-order chi connectivity index (χ0) is 18.4. The van der Waals surface area contributed by atoms with Crippen LogP contribution in [0.4, 0.5) is 20.2 Å². The smallest absolute Gasteiger partial charge is 0.312 e. The van der Waals surface area contributed by atoms with Crippen molar-refractivity contribution in [2.24, 2.45) is 0 Å². The lowest BCUT2D eigenvalue weighted by atomic mass is 10.3. The van der Waals surface area contributed by atoms with E-state index in [2.05, 4.69) is 5.32 Å². The maximum absolute atomic E-state index is 12.2. The minimum Gasteiger partial charge on any atom is -0.477 e. The van der Waals surface area contributed by atoms with Gasteiger partial charge in [-0.1, -0.05) is 23.4 Å². The van der Waals surface area contributed by atoms with Gasteiger partial charge in [0.15, 0.2) is 12.4 Å². The molecule has 0 aromatic heterocycles. The number of halogens is 3. The van der Waals surface area contributed by atoms with Crippen LogP contribution in [-0.4, -0.2) is 23.2 Å². The molecule has 0 atom stereocenters. The highest BCUT2D eigenvalue weighted by Crippen LogP contribution is 2.30. The Morgan fingerprint density at radius 3 is 2.56 bits per heavy atom. The van der Waals surface area contributed by atoms with Gasteiger partial charge in [-0.3, -0.25) is 14.9 Å². The molecule has 0 aliphatic heterocycles. The molecule has 1 N–H and O–H groups in total. The highest BCUT2D eigenvalue weighted by Gasteiger charge is 2.17. The summed E-state index contributed by atoms with van der Waals surface area (Å²) < 4.78 is 29.6. The van der Waals surface area contributed by atoms with Crippen LogP contribution in [0, 0.1) is 10.1 Å². The molecule has 132 valence electrons. The van der Waals surface area contributed by atoms with Crippen molar-refractivity contribution in [3.8, 4) is 5.75 Å². The maximum atomic E-state index is 12.2. The van der Waals surface area contributed by atoms with Crippen LogP contribution in [0.25, 0.3) is 0 Å². The van der Waals surface area contributed by atoms with E-state index in [1.54, 1.807) is 0 Å². The number of hydrogen-bond donors (Lipinski definition) is 1. The van der Waals surface area contributed by atoms with Crippen LogP contribution in [0.2, 0.25) is 5.02 Å². The summed E-state index contributed by atoms with van der Waals surface area (Å²) in [5, 5.41) is 13.6. The van der Waals surface area contributed by atoms with Crippen molar-refractivity contribution in [3.63, 3.8) is 0 Å². The van der Waals surface area contributed by atoms with Crippen LogP contribution in [-0.2, 0) is 4.79 Å². The van der Waals surface area contributed by atoms with Crippen molar-refractivity contribution in [2.75, 3.05) is 11.9 Å². The molecule has 0 radical (unpaired) electrons. The van der Waals surface area contributed by atoms with E-state index in [9.17, 15) is 23.7 Å². The van der Waals surface area contributed by atoms with Crippen molar-refractivity contribution >= 4 is 40.6 Å². The summed E-state index contributed by atoms with van der Waals surface area (Å²) >= 11 is 6.08. The number of thioether (sulfide) groups is 1. The van der Waals surface area contributed by atoms with Crippen LogP contribution >= 0.6 is 23.4 Å². The molecule has 0 fully saturated rings. The van der Waals surface area contributed by atoms with Crippen molar-refractivity contribution in [3.05, 3.63) is 57.6 Å². The molecule has 2 rings (SSSR count). The summed E-state index contributed by atoms with van der Waals surface area (Å²) in [5.41, 5.74) is 0.0338. The van der Waals surface area contributed by atoms with Gasteiger partial charge in [-0.25, -0.2) is 0 Å². The standard InChI is InChI=1S/C15H11ClF2N2O4S/c16-9-1-6-13(12(7-9)20(22)23)24-8-14(21)19-10-2-4-11(5-3-10)25-15(17)18/h1-7,15H,8H2,(H,19,21). The highest BCUT2D eigenvalue weighted by molar-refractivity contribution is 7.99. The third-order valence-corrected chi connectivity index (χ3v) is 3.80. The number of hydrogen-bond acceptors (Lipinski definition) is 5. The molecule has 2 aromatic carbocycles. The first-order valence-electron chi connectivity index (χ1n) is 6.76. The zero-order valence-corrected chi connectivity index (χ0v) is 14.0. The molecule has 0 bridgehead atoms.